The molecule has 0 aromatic rings. The fourth-order valence-electron chi connectivity index (χ4n) is 1.63. The average molecular weight is 184 g/mol. The molecular weight excluding hydrogens is 164 g/mol. The fraction of sp³-hybridized carbons (Fsp3) is 0.900. The Kier molecular flexibility index (Phi) is 3.72. The van der Waals surface area contributed by atoms with E-state index < -0.39 is 0 Å². The molecular formula is C10H20N2O. The van der Waals surface area contributed by atoms with Gasteiger partial charge in [-0.1, -0.05) is 6.92 Å². The molecule has 0 aliphatic carbocycles. The van der Waals surface area contributed by atoms with E-state index in [9.17, 15) is 4.79 Å². The van der Waals surface area contributed by atoms with Gasteiger partial charge in [0.1, 0.15) is 0 Å². The first kappa shape index (κ1) is 10.5. The van der Waals surface area contributed by atoms with Crippen LogP contribution in [0.25, 0.3) is 0 Å². The summed E-state index contributed by atoms with van der Waals surface area (Å²) in [7, 11) is 1.90. The van der Waals surface area contributed by atoms with Crippen molar-refractivity contribution in [3.05, 3.63) is 0 Å². The third-order valence-electron chi connectivity index (χ3n) is 2.96. The molecule has 1 heterocycles. The van der Waals surface area contributed by atoms with Crippen LogP contribution in [0, 0.1) is 0 Å². The highest BCUT2D eigenvalue weighted by Gasteiger charge is 2.26. The van der Waals surface area contributed by atoms with E-state index in [1.54, 1.807) is 0 Å². The second-order valence-electron chi connectivity index (χ2n) is 3.86. The predicted octanol–water partition coefficient (Wildman–Crippen LogP) is 0.995. The number of amides is 1. The maximum Gasteiger partial charge on any atom is 0.239 e. The zero-order valence-corrected chi connectivity index (χ0v) is 8.84. The van der Waals surface area contributed by atoms with Gasteiger partial charge in [0.25, 0.3) is 0 Å². The Hall–Kier alpha value is -0.570. The largest absolute Gasteiger partial charge is 0.342 e. The van der Waals surface area contributed by atoms with Crippen LogP contribution < -0.4 is 5.32 Å². The standard InChI is InChI=1S/C10H20N2O/c1-4-8(2)12(3)10(13)9-6-5-7-11-9/h8-9,11H,4-7H2,1-3H3/t8?,9-/m1/s1. The summed E-state index contributed by atoms with van der Waals surface area (Å²) in [6, 6.07) is 0.439. The highest BCUT2D eigenvalue weighted by molar-refractivity contribution is 5.82. The second-order valence-corrected chi connectivity index (χ2v) is 3.86. The Morgan fingerprint density at radius 3 is 2.85 bits per heavy atom. The maximum atomic E-state index is 11.8. The molecule has 1 N–H and O–H groups in total. The van der Waals surface area contributed by atoms with Crippen molar-refractivity contribution >= 4 is 5.91 Å². The quantitative estimate of drug-likeness (QED) is 0.709. The minimum absolute atomic E-state index is 0.0824. The first-order valence-corrected chi connectivity index (χ1v) is 5.17. The normalized spacial score (nSPS) is 24.4. The molecule has 3 heteroatoms. The average Bonchev–Trinajstić information content (AvgIpc) is 2.67. The maximum absolute atomic E-state index is 11.8. The van der Waals surface area contributed by atoms with Crippen LogP contribution in [0.4, 0.5) is 0 Å². The first-order chi connectivity index (χ1) is 6.16. The Morgan fingerprint density at radius 1 is 1.69 bits per heavy atom. The highest BCUT2D eigenvalue weighted by Crippen LogP contribution is 2.10. The van der Waals surface area contributed by atoms with E-state index in [0.29, 0.717) is 6.04 Å². The molecule has 1 unspecified atom stereocenters. The number of nitrogens with zero attached hydrogens (tertiary/aromatic N) is 1. The molecule has 1 rings (SSSR count). The van der Waals surface area contributed by atoms with Crippen LogP contribution in [0.1, 0.15) is 33.1 Å². The molecule has 0 saturated carbocycles. The third kappa shape index (κ3) is 2.44. The van der Waals surface area contributed by atoms with Crippen LogP contribution in [0.15, 0.2) is 0 Å². The third-order valence-corrected chi connectivity index (χ3v) is 2.96. The van der Waals surface area contributed by atoms with E-state index in [1.807, 2.05) is 11.9 Å². The number of rotatable bonds is 3. The van der Waals surface area contributed by atoms with Gasteiger partial charge >= 0.3 is 0 Å². The molecule has 13 heavy (non-hydrogen) atoms. The van der Waals surface area contributed by atoms with Crippen LogP contribution in [0.5, 0.6) is 0 Å². The summed E-state index contributed by atoms with van der Waals surface area (Å²) < 4.78 is 0. The molecule has 1 aliphatic heterocycles. The van der Waals surface area contributed by atoms with Crippen LogP contribution >= 0.6 is 0 Å². The van der Waals surface area contributed by atoms with E-state index in [2.05, 4.69) is 19.2 Å². The van der Waals surface area contributed by atoms with Gasteiger partial charge in [0.05, 0.1) is 6.04 Å². The molecule has 1 aliphatic rings. The number of hydrogen-bond donors (Lipinski definition) is 1. The van der Waals surface area contributed by atoms with Gasteiger partial charge in [0, 0.05) is 13.1 Å². The summed E-state index contributed by atoms with van der Waals surface area (Å²) in [6.07, 6.45) is 3.15. The molecule has 0 bridgehead atoms. The molecule has 76 valence electrons. The molecule has 1 saturated heterocycles. The zero-order chi connectivity index (χ0) is 9.84. The molecule has 0 aromatic heterocycles. The van der Waals surface area contributed by atoms with E-state index in [-0.39, 0.29) is 11.9 Å². The zero-order valence-electron chi connectivity index (χ0n) is 8.84. The lowest BCUT2D eigenvalue weighted by Gasteiger charge is -2.26. The molecule has 0 spiro atoms. The van der Waals surface area contributed by atoms with Crippen molar-refractivity contribution in [2.75, 3.05) is 13.6 Å². The molecule has 0 aromatic carbocycles. The van der Waals surface area contributed by atoms with E-state index in [1.165, 1.54) is 0 Å². The van der Waals surface area contributed by atoms with Crippen molar-refractivity contribution < 1.29 is 4.79 Å². The van der Waals surface area contributed by atoms with Crippen molar-refractivity contribution in [2.45, 2.75) is 45.2 Å². The smallest absolute Gasteiger partial charge is 0.239 e. The number of nitrogens with one attached hydrogen (secondary N) is 1. The summed E-state index contributed by atoms with van der Waals surface area (Å²) in [5.74, 6) is 0.256. The second kappa shape index (κ2) is 4.61. The summed E-state index contributed by atoms with van der Waals surface area (Å²) in [5, 5.41) is 3.23. The molecule has 2 atom stereocenters. The Morgan fingerprint density at radius 2 is 2.38 bits per heavy atom. The van der Waals surface area contributed by atoms with Crippen LogP contribution in [-0.2, 0) is 4.79 Å². The Labute approximate surface area is 80.5 Å². The summed E-state index contributed by atoms with van der Waals surface area (Å²) in [4.78, 5) is 13.7. The van der Waals surface area contributed by atoms with E-state index in [0.717, 1.165) is 25.8 Å². The number of carbonyl (C=O) groups excluding carboxylic acids is 1. The van der Waals surface area contributed by atoms with Crippen LogP contribution in [0.3, 0.4) is 0 Å². The van der Waals surface area contributed by atoms with Crippen molar-refractivity contribution in [3.8, 4) is 0 Å². The van der Waals surface area contributed by atoms with Crippen molar-refractivity contribution in [1.29, 1.82) is 0 Å². The molecule has 1 amide bonds. The van der Waals surface area contributed by atoms with E-state index >= 15 is 0 Å². The summed E-state index contributed by atoms with van der Waals surface area (Å²) in [6.45, 7) is 5.19. The van der Waals surface area contributed by atoms with Gasteiger partial charge < -0.3 is 10.2 Å². The number of hydrogen-bond acceptors (Lipinski definition) is 2. The Balaban J connectivity index is 2.45. The molecule has 0 radical (unpaired) electrons. The monoisotopic (exact) mass is 184 g/mol. The van der Waals surface area contributed by atoms with Gasteiger partial charge in [0.2, 0.25) is 5.91 Å². The van der Waals surface area contributed by atoms with Gasteiger partial charge in [-0.15, -0.1) is 0 Å². The lowest BCUT2D eigenvalue weighted by atomic mass is 10.1. The van der Waals surface area contributed by atoms with Crippen molar-refractivity contribution in [2.24, 2.45) is 0 Å². The van der Waals surface area contributed by atoms with Crippen LogP contribution in [0.2, 0.25) is 0 Å². The topological polar surface area (TPSA) is 32.3 Å². The Bertz CT molecular complexity index is 176. The first-order valence-electron chi connectivity index (χ1n) is 5.17. The van der Waals surface area contributed by atoms with Gasteiger partial charge in [-0.25, -0.2) is 0 Å². The molecule has 3 nitrogen and oxygen atoms in total. The minimum Gasteiger partial charge on any atom is -0.342 e. The fourth-order valence-corrected chi connectivity index (χ4v) is 1.63. The van der Waals surface area contributed by atoms with Gasteiger partial charge in [-0.2, -0.15) is 0 Å². The lowest BCUT2D eigenvalue weighted by Crippen LogP contribution is -2.45. The number of likely N-dealkylation sites (N-methyl/N-ethyl adjacent to an activating group) is 1. The predicted molar refractivity (Wildman–Crippen MR) is 53.5 cm³/mol. The highest BCUT2D eigenvalue weighted by atomic mass is 16.2. The number of carbonyl (C=O) groups is 1. The SMILES string of the molecule is CCC(C)N(C)C(=O)[C@H]1CCCN1. The lowest BCUT2D eigenvalue weighted by molar-refractivity contribution is -0.133. The van der Waals surface area contributed by atoms with Crippen LogP contribution in [-0.4, -0.2) is 36.5 Å². The van der Waals surface area contributed by atoms with Gasteiger partial charge in [0.15, 0.2) is 0 Å². The molecule has 1 fully saturated rings. The van der Waals surface area contributed by atoms with Crippen molar-refractivity contribution in [1.82, 2.24) is 10.2 Å². The van der Waals surface area contributed by atoms with Crippen molar-refractivity contribution in [3.63, 3.8) is 0 Å². The van der Waals surface area contributed by atoms with Gasteiger partial charge in [-0.05, 0) is 32.7 Å². The summed E-state index contributed by atoms with van der Waals surface area (Å²) >= 11 is 0. The van der Waals surface area contributed by atoms with E-state index in [4.69, 9.17) is 0 Å². The minimum atomic E-state index is 0.0824. The van der Waals surface area contributed by atoms with Gasteiger partial charge in [-0.3, -0.25) is 4.79 Å². The summed E-state index contributed by atoms with van der Waals surface area (Å²) in [5.41, 5.74) is 0.